The molecule has 25 heavy (non-hydrogen) atoms. The van der Waals surface area contributed by atoms with Crippen LogP contribution in [-0.2, 0) is 14.3 Å². The van der Waals surface area contributed by atoms with E-state index in [1.54, 1.807) is 25.3 Å². The number of carbonyl (C=O) groups is 1. The van der Waals surface area contributed by atoms with E-state index in [2.05, 4.69) is 5.32 Å². The van der Waals surface area contributed by atoms with Gasteiger partial charge in [0.15, 0.2) is 0 Å². The van der Waals surface area contributed by atoms with Crippen LogP contribution in [-0.4, -0.2) is 37.9 Å². The Morgan fingerprint density at radius 2 is 2.04 bits per heavy atom. The highest BCUT2D eigenvalue weighted by atomic mass is 35.5. The van der Waals surface area contributed by atoms with E-state index >= 15 is 0 Å². The SMILES string of the molecule is CCCO[C@](C)(CCC)C(=O)Nc1ccc(O[C@@H](C)COC)c(Cl)c1. The molecular formula is C19H30ClNO4. The van der Waals surface area contributed by atoms with Crippen LogP contribution in [0.1, 0.15) is 47.0 Å². The molecule has 0 heterocycles. The standard InChI is InChI=1S/C19H30ClNO4/c1-6-10-19(4,24-11-7-2)18(22)21-15-8-9-17(16(20)12-15)25-14(3)13-23-5/h8-9,12,14H,6-7,10-11,13H2,1-5H3,(H,21,22)/t14-,19+/m0/s1. The molecule has 1 aromatic rings. The van der Waals surface area contributed by atoms with Crippen LogP contribution in [0, 0.1) is 0 Å². The van der Waals surface area contributed by atoms with Crippen LogP contribution in [0.15, 0.2) is 18.2 Å². The number of amides is 1. The molecule has 5 nitrogen and oxygen atoms in total. The number of hydrogen-bond donors (Lipinski definition) is 1. The molecule has 0 aliphatic carbocycles. The van der Waals surface area contributed by atoms with Gasteiger partial charge in [-0.1, -0.05) is 31.9 Å². The fraction of sp³-hybridized carbons (Fsp3) is 0.632. The first-order valence-electron chi connectivity index (χ1n) is 8.76. The van der Waals surface area contributed by atoms with E-state index in [1.807, 2.05) is 27.7 Å². The Labute approximate surface area is 156 Å². The highest BCUT2D eigenvalue weighted by molar-refractivity contribution is 6.32. The Bertz CT molecular complexity index is 552. The zero-order chi connectivity index (χ0) is 18.9. The van der Waals surface area contributed by atoms with Gasteiger partial charge in [-0.05, 0) is 44.9 Å². The Balaban J connectivity index is 2.81. The number of benzene rings is 1. The van der Waals surface area contributed by atoms with Crippen LogP contribution in [0.5, 0.6) is 5.75 Å². The maximum atomic E-state index is 12.7. The van der Waals surface area contributed by atoms with Crippen molar-refractivity contribution in [3.8, 4) is 5.75 Å². The highest BCUT2D eigenvalue weighted by Gasteiger charge is 2.33. The Morgan fingerprint density at radius 3 is 2.60 bits per heavy atom. The normalized spacial score (nSPS) is 14.6. The molecule has 6 heteroatoms. The van der Waals surface area contributed by atoms with Crippen molar-refractivity contribution in [2.45, 2.75) is 58.7 Å². The number of hydrogen-bond acceptors (Lipinski definition) is 4. The molecule has 0 saturated heterocycles. The molecule has 0 saturated carbocycles. The fourth-order valence-corrected chi connectivity index (χ4v) is 2.70. The summed E-state index contributed by atoms with van der Waals surface area (Å²) < 4.78 is 16.6. The third-order valence-electron chi connectivity index (χ3n) is 3.75. The largest absolute Gasteiger partial charge is 0.487 e. The van der Waals surface area contributed by atoms with Gasteiger partial charge in [0.25, 0.3) is 5.91 Å². The van der Waals surface area contributed by atoms with E-state index in [1.165, 1.54) is 0 Å². The molecular weight excluding hydrogens is 342 g/mol. The zero-order valence-electron chi connectivity index (χ0n) is 15.9. The van der Waals surface area contributed by atoms with Gasteiger partial charge in [-0.15, -0.1) is 0 Å². The van der Waals surface area contributed by atoms with Crippen LogP contribution >= 0.6 is 11.6 Å². The smallest absolute Gasteiger partial charge is 0.256 e. The average molecular weight is 372 g/mol. The van der Waals surface area contributed by atoms with Crippen molar-refractivity contribution in [1.29, 1.82) is 0 Å². The second kappa shape index (κ2) is 10.6. The lowest BCUT2D eigenvalue weighted by atomic mass is 9.99. The van der Waals surface area contributed by atoms with E-state index in [4.69, 9.17) is 25.8 Å². The van der Waals surface area contributed by atoms with Gasteiger partial charge in [0.05, 0.1) is 11.6 Å². The molecule has 1 N–H and O–H groups in total. The van der Waals surface area contributed by atoms with Crippen molar-refractivity contribution in [3.63, 3.8) is 0 Å². The van der Waals surface area contributed by atoms with Crippen molar-refractivity contribution in [2.24, 2.45) is 0 Å². The number of anilines is 1. The quantitative estimate of drug-likeness (QED) is 0.613. The number of methoxy groups -OCH3 is 1. The second-order valence-electron chi connectivity index (χ2n) is 6.31. The van der Waals surface area contributed by atoms with Gasteiger partial charge in [0.1, 0.15) is 17.5 Å². The van der Waals surface area contributed by atoms with Crippen LogP contribution in [0.4, 0.5) is 5.69 Å². The molecule has 1 aromatic carbocycles. The van der Waals surface area contributed by atoms with Crippen molar-refractivity contribution >= 4 is 23.2 Å². The van der Waals surface area contributed by atoms with Crippen molar-refractivity contribution < 1.29 is 19.0 Å². The highest BCUT2D eigenvalue weighted by Crippen LogP contribution is 2.29. The van der Waals surface area contributed by atoms with Crippen LogP contribution < -0.4 is 10.1 Å². The van der Waals surface area contributed by atoms with Crippen molar-refractivity contribution in [2.75, 3.05) is 25.6 Å². The number of halogens is 1. The van der Waals surface area contributed by atoms with Crippen LogP contribution in [0.25, 0.3) is 0 Å². The van der Waals surface area contributed by atoms with Crippen molar-refractivity contribution in [3.05, 3.63) is 23.2 Å². The third-order valence-corrected chi connectivity index (χ3v) is 4.05. The molecule has 142 valence electrons. The maximum absolute atomic E-state index is 12.7. The molecule has 1 amide bonds. The summed E-state index contributed by atoms with van der Waals surface area (Å²) in [5.41, 5.74) is -0.233. The first-order chi connectivity index (χ1) is 11.9. The molecule has 0 bridgehead atoms. The summed E-state index contributed by atoms with van der Waals surface area (Å²) in [5.74, 6) is 0.392. The summed E-state index contributed by atoms with van der Waals surface area (Å²) in [5, 5.41) is 3.33. The Morgan fingerprint density at radius 1 is 1.32 bits per heavy atom. The lowest BCUT2D eigenvalue weighted by Gasteiger charge is -2.28. The summed E-state index contributed by atoms with van der Waals surface area (Å²) in [7, 11) is 1.62. The molecule has 2 atom stereocenters. The van der Waals surface area contributed by atoms with Gasteiger partial charge in [0, 0.05) is 19.4 Å². The molecule has 0 aromatic heterocycles. The third kappa shape index (κ3) is 6.84. The van der Waals surface area contributed by atoms with Crippen molar-refractivity contribution in [1.82, 2.24) is 0 Å². The molecule has 0 radical (unpaired) electrons. The predicted molar refractivity (Wildman–Crippen MR) is 102 cm³/mol. The van der Waals surface area contributed by atoms with E-state index < -0.39 is 5.60 Å². The molecule has 0 aliphatic heterocycles. The van der Waals surface area contributed by atoms with E-state index in [-0.39, 0.29) is 12.0 Å². The maximum Gasteiger partial charge on any atom is 0.256 e. The molecule has 1 rings (SSSR count). The van der Waals surface area contributed by atoms with E-state index in [0.29, 0.717) is 36.1 Å². The number of rotatable bonds is 11. The van der Waals surface area contributed by atoms with E-state index in [9.17, 15) is 4.79 Å². The summed E-state index contributed by atoms with van der Waals surface area (Å²) in [6.45, 7) is 8.80. The van der Waals surface area contributed by atoms with E-state index in [0.717, 1.165) is 12.8 Å². The Hall–Kier alpha value is -1.30. The van der Waals surface area contributed by atoms with Gasteiger partial charge >= 0.3 is 0 Å². The molecule has 0 aliphatic rings. The van der Waals surface area contributed by atoms with Gasteiger partial charge in [-0.2, -0.15) is 0 Å². The minimum atomic E-state index is -0.848. The van der Waals surface area contributed by atoms with Crippen LogP contribution in [0.3, 0.4) is 0 Å². The summed E-state index contributed by atoms with van der Waals surface area (Å²) in [4.78, 5) is 12.7. The summed E-state index contributed by atoms with van der Waals surface area (Å²) in [6.07, 6.45) is 2.27. The minimum absolute atomic E-state index is 0.113. The molecule has 0 spiro atoms. The van der Waals surface area contributed by atoms with Gasteiger partial charge in [-0.25, -0.2) is 0 Å². The zero-order valence-corrected chi connectivity index (χ0v) is 16.6. The number of carbonyl (C=O) groups excluding carboxylic acids is 1. The van der Waals surface area contributed by atoms with Gasteiger partial charge < -0.3 is 19.5 Å². The first-order valence-corrected chi connectivity index (χ1v) is 9.14. The number of nitrogens with one attached hydrogen (secondary N) is 1. The second-order valence-corrected chi connectivity index (χ2v) is 6.72. The number of ether oxygens (including phenoxy) is 3. The lowest BCUT2D eigenvalue weighted by molar-refractivity contribution is -0.140. The van der Waals surface area contributed by atoms with Gasteiger partial charge in [0.2, 0.25) is 0 Å². The fourth-order valence-electron chi connectivity index (χ4n) is 2.48. The summed E-state index contributed by atoms with van der Waals surface area (Å²) >= 11 is 6.27. The molecule has 0 fully saturated rings. The van der Waals surface area contributed by atoms with Gasteiger partial charge in [-0.3, -0.25) is 4.79 Å². The monoisotopic (exact) mass is 371 g/mol. The van der Waals surface area contributed by atoms with Crippen LogP contribution in [0.2, 0.25) is 5.02 Å². The topological polar surface area (TPSA) is 56.8 Å². The lowest BCUT2D eigenvalue weighted by Crippen LogP contribution is -2.43. The summed E-state index contributed by atoms with van der Waals surface area (Å²) in [6, 6.07) is 5.19. The Kier molecular flexibility index (Phi) is 9.25. The molecule has 0 unspecified atom stereocenters. The minimum Gasteiger partial charge on any atom is -0.487 e. The predicted octanol–water partition coefficient (Wildman–Crippen LogP) is 4.68. The average Bonchev–Trinajstić information content (AvgIpc) is 2.56. The first kappa shape index (κ1) is 21.7.